The number of aromatic amines is 1. The molecule has 0 radical (unpaired) electrons. The van der Waals surface area contributed by atoms with E-state index in [1.165, 1.54) is 12.1 Å². The first-order chi connectivity index (χ1) is 9.24. The van der Waals surface area contributed by atoms with Gasteiger partial charge in [0.2, 0.25) is 0 Å². The average molecular weight is 254 g/mol. The van der Waals surface area contributed by atoms with Crippen LogP contribution < -0.4 is 0 Å². The third kappa shape index (κ3) is 2.20. The number of phenolic OH excluding ortho intramolecular Hbond substituents is 1. The first-order valence-electron chi connectivity index (χ1n) is 5.83. The number of nitrogens with zero attached hydrogens (tertiary/aromatic N) is 1. The van der Waals surface area contributed by atoms with Gasteiger partial charge < -0.3 is 10.1 Å². The molecule has 3 nitrogen and oxygen atoms in total. The van der Waals surface area contributed by atoms with Crippen molar-refractivity contribution >= 4 is 0 Å². The van der Waals surface area contributed by atoms with E-state index in [0.717, 1.165) is 17.1 Å². The molecule has 3 rings (SSSR count). The SMILES string of the molecule is Oc1cc(-c2cnc(-c3ccccc3)[nH]2)ccc1F. The van der Waals surface area contributed by atoms with Crippen molar-refractivity contribution in [1.29, 1.82) is 0 Å². The molecule has 3 aromatic rings. The van der Waals surface area contributed by atoms with E-state index in [1.807, 2.05) is 30.3 Å². The highest BCUT2D eigenvalue weighted by Crippen LogP contribution is 2.26. The van der Waals surface area contributed by atoms with Crippen molar-refractivity contribution in [2.45, 2.75) is 0 Å². The van der Waals surface area contributed by atoms with Gasteiger partial charge in [0.05, 0.1) is 11.9 Å². The van der Waals surface area contributed by atoms with Gasteiger partial charge in [-0.25, -0.2) is 9.37 Å². The lowest BCUT2D eigenvalue weighted by molar-refractivity contribution is 0.432. The van der Waals surface area contributed by atoms with Crippen LogP contribution in [-0.4, -0.2) is 15.1 Å². The van der Waals surface area contributed by atoms with Crippen LogP contribution in [0, 0.1) is 5.82 Å². The fourth-order valence-corrected chi connectivity index (χ4v) is 1.89. The zero-order valence-corrected chi connectivity index (χ0v) is 9.97. The smallest absolute Gasteiger partial charge is 0.164 e. The molecule has 19 heavy (non-hydrogen) atoms. The molecule has 0 spiro atoms. The molecule has 0 aliphatic rings. The minimum Gasteiger partial charge on any atom is -0.505 e. The fourth-order valence-electron chi connectivity index (χ4n) is 1.89. The molecule has 4 heteroatoms. The lowest BCUT2D eigenvalue weighted by atomic mass is 10.1. The molecule has 0 saturated carbocycles. The molecular formula is C15H11FN2O. The Labute approximate surface area is 109 Å². The van der Waals surface area contributed by atoms with Crippen LogP contribution in [0.15, 0.2) is 54.7 Å². The maximum Gasteiger partial charge on any atom is 0.164 e. The third-order valence-electron chi connectivity index (χ3n) is 2.88. The Morgan fingerprint density at radius 1 is 1.00 bits per heavy atom. The second kappa shape index (κ2) is 4.57. The van der Waals surface area contributed by atoms with Gasteiger partial charge in [-0.2, -0.15) is 0 Å². The Morgan fingerprint density at radius 3 is 2.53 bits per heavy atom. The fraction of sp³-hybridized carbons (Fsp3) is 0. The average Bonchev–Trinajstić information content (AvgIpc) is 2.93. The largest absolute Gasteiger partial charge is 0.505 e. The van der Waals surface area contributed by atoms with Gasteiger partial charge in [0.15, 0.2) is 11.6 Å². The highest BCUT2D eigenvalue weighted by molar-refractivity contribution is 5.65. The zero-order valence-electron chi connectivity index (χ0n) is 9.97. The highest BCUT2D eigenvalue weighted by Gasteiger charge is 2.07. The van der Waals surface area contributed by atoms with Gasteiger partial charge in [-0.05, 0) is 18.2 Å². The topological polar surface area (TPSA) is 48.9 Å². The molecule has 2 aromatic carbocycles. The number of rotatable bonds is 2. The lowest BCUT2D eigenvalue weighted by Crippen LogP contribution is -1.82. The van der Waals surface area contributed by atoms with E-state index < -0.39 is 5.82 Å². The number of H-pyrrole nitrogens is 1. The van der Waals surface area contributed by atoms with E-state index in [1.54, 1.807) is 12.3 Å². The monoisotopic (exact) mass is 254 g/mol. The molecule has 0 unspecified atom stereocenters. The number of aromatic nitrogens is 2. The van der Waals surface area contributed by atoms with Crippen molar-refractivity contribution in [3.05, 3.63) is 60.5 Å². The van der Waals surface area contributed by atoms with Crippen molar-refractivity contribution in [3.8, 4) is 28.4 Å². The van der Waals surface area contributed by atoms with E-state index in [9.17, 15) is 9.50 Å². The van der Waals surface area contributed by atoms with Crippen LogP contribution in [0.3, 0.4) is 0 Å². The summed E-state index contributed by atoms with van der Waals surface area (Å²) in [5.74, 6) is -0.265. The van der Waals surface area contributed by atoms with Gasteiger partial charge in [0.25, 0.3) is 0 Å². The number of hydrogen-bond donors (Lipinski definition) is 2. The summed E-state index contributed by atoms with van der Waals surface area (Å²) in [6, 6.07) is 13.9. The van der Waals surface area contributed by atoms with E-state index in [0.29, 0.717) is 5.56 Å². The molecule has 0 amide bonds. The minimum atomic E-state index is -0.633. The summed E-state index contributed by atoms with van der Waals surface area (Å²) < 4.78 is 13.0. The Balaban J connectivity index is 1.99. The number of benzene rings is 2. The summed E-state index contributed by atoms with van der Waals surface area (Å²) in [5, 5.41) is 9.38. The van der Waals surface area contributed by atoms with E-state index >= 15 is 0 Å². The van der Waals surface area contributed by atoms with Gasteiger partial charge in [-0.1, -0.05) is 30.3 Å². The number of phenols is 1. The number of nitrogens with one attached hydrogen (secondary N) is 1. The van der Waals surface area contributed by atoms with Crippen LogP contribution in [-0.2, 0) is 0 Å². The van der Waals surface area contributed by atoms with Crippen LogP contribution >= 0.6 is 0 Å². The summed E-state index contributed by atoms with van der Waals surface area (Å²) in [4.78, 5) is 7.43. The first kappa shape index (κ1) is 11.5. The molecule has 1 aromatic heterocycles. The number of aromatic hydroxyl groups is 1. The molecule has 0 bridgehead atoms. The van der Waals surface area contributed by atoms with Crippen LogP contribution in [0.2, 0.25) is 0 Å². The third-order valence-corrected chi connectivity index (χ3v) is 2.88. The predicted octanol–water partition coefficient (Wildman–Crippen LogP) is 3.59. The van der Waals surface area contributed by atoms with Gasteiger partial charge in [-0.3, -0.25) is 0 Å². The molecule has 2 N–H and O–H groups in total. The molecular weight excluding hydrogens is 243 g/mol. The van der Waals surface area contributed by atoms with Crippen LogP contribution in [0.5, 0.6) is 5.75 Å². The van der Waals surface area contributed by atoms with Crippen molar-refractivity contribution < 1.29 is 9.50 Å². The van der Waals surface area contributed by atoms with Crippen LogP contribution in [0.1, 0.15) is 0 Å². The Kier molecular flexibility index (Phi) is 2.76. The maximum atomic E-state index is 13.0. The van der Waals surface area contributed by atoms with E-state index in [2.05, 4.69) is 9.97 Å². The second-order valence-electron chi connectivity index (χ2n) is 4.18. The van der Waals surface area contributed by atoms with Gasteiger partial charge in [0.1, 0.15) is 5.82 Å². The zero-order chi connectivity index (χ0) is 13.2. The van der Waals surface area contributed by atoms with Crippen molar-refractivity contribution in [2.75, 3.05) is 0 Å². The first-order valence-corrected chi connectivity index (χ1v) is 5.83. The van der Waals surface area contributed by atoms with Gasteiger partial charge in [-0.15, -0.1) is 0 Å². The van der Waals surface area contributed by atoms with Crippen LogP contribution in [0.4, 0.5) is 4.39 Å². The quantitative estimate of drug-likeness (QED) is 0.734. The summed E-state index contributed by atoms with van der Waals surface area (Å²) in [7, 11) is 0. The second-order valence-corrected chi connectivity index (χ2v) is 4.18. The van der Waals surface area contributed by atoms with Crippen molar-refractivity contribution in [2.24, 2.45) is 0 Å². The van der Waals surface area contributed by atoms with E-state index in [-0.39, 0.29) is 5.75 Å². The van der Waals surface area contributed by atoms with Crippen molar-refractivity contribution in [3.63, 3.8) is 0 Å². The molecule has 0 aliphatic carbocycles. The predicted molar refractivity (Wildman–Crippen MR) is 71.1 cm³/mol. The highest BCUT2D eigenvalue weighted by atomic mass is 19.1. The number of hydrogen-bond acceptors (Lipinski definition) is 2. The molecule has 1 heterocycles. The molecule has 0 aliphatic heterocycles. The van der Waals surface area contributed by atoms with E-state index in [4.69, 9.17) is 0 Å². The Bertz CT molecular complexity index is 707. The lowest BCUT2D eigenvalue weighted by Gasteiger charge is -2.00. The van der Waals surface area contributed by atoms with Gasteiger partial charge >= 0.3 is 0 Å². The number of imidazole rings is 1. The molecule has 0 saturated heterocycles. The minimum absolute atomic E-state index is 0.367. The van der Waals surface area contributed by atoms with Crippen LogP contribution in [0.25, 0.3) is 22.6 Å². The number of halogens is 1. The summed E-state index contributed by atoms with van der Waals surface area (Å²) in [6.07, 6.45) is 1.66. The van der Waals surface area contributed by atoms with Gasteiger partial charge in [0, 0.05) is 11.1 Å². The molecule has 94 valence electrons. The Morgan fingerprint density at radius 2 is 1.79 bits per heavy atom. The van der Waals surface area contributed by atoms with Crippen molar-refractivity contribution in [1.82, 2.24) is 9.97 Å². The molecule has 0 atom stereocenters. The maximum absolute atomic E-state index is 13.0. The Hall–Kier alpha value is -2.62. The summed E-state index contributed by atoms with van der Waals surface area (Å²) >= 11 is 0. The summed E-state index contributed by atoms with van der Waals surface area (Å²) in [6.45, 7) is 0. The normalized spacial score (nSPS) is 10.6. The molecule has 0 fully saturated rings. The standard InChI is InChI=1S/C15H11FN2O/c16-12-7-6-11(8-14(12)19)13-9-17-15(18-13)10-4-2-1-3-5-10/h1-9,19H,(H,17,18). The summed E-state index contributed by atoms with van der Waals surface area (Å²) in [5.41, 5.74) is 2.39.